The SMILES string of the molecule is Cc1ccc2nc(-c3ccc(NC(=O)CC(NCCC(C)C)C(=O)O)cc3)sc2c1. The highest BCUT2D eigenvalue weighted by Gasteiger charge is 2.20. The Bertz CT molecular complexity index is 1030. The Labute approximate surface area is 180 Å². The molecular formula is C23H27N3O3S. The van der Waals surface area contributed by atoms with E-state index in [1.165, 1.54) is 5.56 Å². The number of amides is 1. The summed E-state index contributed by atoms with van der Waals surface area (Å²) in [6.45, 7) is 6.77. The summed E-state index contributed by atoms with van der Waals surface area (Å²) in [6, 6.07) is 12.7. The van der Waals surface area contributed by atoms with Crippen LogP contribution in [-0.2, 0) is 9.59 Å². The molecule has 3 rings (SSSR count). The molecule has 0 saturated carbocycles. The van der Waals surface area contributed by atoms with E-state index < -0.39 is 12.0 Å². The molecule has 3 N–H and O–H groups in total. The van der Waals surface area contributed by atoms with E-state index in [4.69, 9.17) is 0 Å². The quantitative estimate of drug-likeness (QED) is 0.463. The molecule has 1 atom stereocenters. The smallest absolute Gasteiger partial charge is 0.321 e. The molecule has 6 nitrogen and oxygen atoms in total. The number of carboxylic acid groups (broad SMARTS) is 1. The summed E-state index contributed by atoms with van der Waals surface area (Å²) in [5.74, 6) is -0.878. The number of anilines is 1. The normalized spacial score (nSPS) is 12.3. The van der Waals surface area contributed by atoms with Gasteiger partial charge in [0, 0.05) is 11.3 Å². The number of fused-ring (bicyclic) bond motifs is 1. The predicted molar refractivity (Wildman–Crippen MR) is 122 cm³/mol. The van der Waals surface area contributed by atoms with Gasteiger partial charge in [0.05, 0.1) is 16.6 Å². The van der Waals surface area contributed by atoms with Gasteiger partial charge in [-0.25, -0.2) is 4.98 Å². The molecule has 0 aliphatic rings. The Hall–Kier alpha value is -2.77. The fourth-order valence-electron chi connectivity index (χ4n) is 3.04. The van der Waals surface area contributed by atoms with Gasteiger partial charge < -0.3 is 15.7 Å². The minimum absolute atomic E-state index is 0.119. The van der Waals surface area contributed by atoms with Gasteiger partial charge in [-0.3, -0.25) is 9.59 Å². The van der Waals surface area contributed by atoms with Crippen molar-refractivity contribution in [3.63, 3.8) is 0 Å². The fraction of sp³-hybridized carbons (Fsp3) is 0.348. The number of hydrogen-bond acceptors (Lipinski definition) is 5. The van der Waals surface area contributed by atoms with E-state index in [9.17, 15) is 14.7 Å². The van der Waals surface area contributed by atoms with Crippen LogP contribution in [0.3, 0.4) is 0 Å². The molecule has 0 saturated heterocycles. The highest BCUT2D eigenvalue weighted by atomic mass is 32.1. The molecule has 0 aliphatic heterocycles. The number of hydrogen-bond donors (Lipinski definition) is 3. The van der Waals surface area contributed by atoms with Crippen LogP contribution in [0, 0.1) is 12.8 Å². The van der Waals surface area contributed by atoms with E-state index in [1.807, 2.05) is 36.4 Å². The van der Waals surface area contributed by atoms with Crippen molar-refractivity contribution in [2.45, 2.75) is 39.7 Å². The molecule has 0 aliphatic carbocycles. The molecule has 30 heavy (non-hydrogen) atoms. The number of nitrogens with one attached hydrogen (secondary N) is 2. The number of carbonyl (C=O) groups is 2. The average Bonchev–Trinajstić information content (AvgIpc) is 3.10. The number of aryl methyl sites for hydroxylation is 1. The standard InChI is InChI=1S/C23H27N3O3S/c1-14(2)10-11-24-19(23(28)29)13-21(27)25-17-7-5-16(6-8-17)22-26-18-9-4-15(3)12-20(18)30-22/h4-9,12,14,19,24H,10-11,13H2,1-3H3,(H,25,27)(H,28,29). The van der Waals surface area contributed by atoms with Crippen LogP contribution < -0.4 is 10.6 Å². The molecule has 1 aromatic heterocycles. The zero-order valence-electron chi connectivity index (χ0n) is 17.4. The van der Waals surface area contributed by atoms with Crippen molar-refractivity contribution in [2.75, 3.05) is 11.9 Å². The Morgan fingerprint density at radius 2 is 1.87 bits per heavy atom. The Morgan fingerprint density at radius 1 is 1.13 bits per heavy atom. The van der Waals surface area contributed by atoms with Crippen molar-refractivity contribution < 1.29 is 14.7 Å². The van der Waals surface area contributed by atoms with Gasteiger partial charge in [0.1, 0.15) is 11.0 Å². The van der Waals surface area contributed by atoms with Crippen LogP contribution in [0.4, 0.5) is 5.69 Å². The summed E-state index contributed by atoms with van der Waals surface area (Å²) in [6.07, 6.45) is 0.741. The van der Waals surface area contributed by atoms with E-state index in [-0.39, 0.29) is 12.3 Å². The lowest BCUT2D eigenvalue weighted by Crippen LogP contribution is -2.40. The maximum Gasteiger partial charge on any atom is 0.321 e. The van der Waals surface area contributed by atoms with Crippen molar-refractivity contribution in [2.24, 2.45) is 5.92 Å². The molecule has 7 heteroatoms. The third-order valence-corrected chi connectivity index (χ3v) is 5.83. The van der Waals surface area contributed by atoms with Crippen molar-refractivity contribution in [3.05, 3.63) is 48.0 Å². The molecule has 1 heterocycles. The zero-order chi connectivity index (χ0) is 21.7. The van der Waals surface area contributed by atoms with Crippen LogP contribution in [0.2, 0.25) is 0 Å². The highest BCUT2D eigenvalue weighted by Crippen LogP contribution is 2.31. The first-order chi connectivity index (χ1) is 14.3. The third kappa shape index (κ3) is 5.87. The van der Waals surface area contributed by atoms with E-state index in [0.29, 0.717) is 18.2 Å². The summed E-state index contributed by atoms with van der Waals surface area (Å²) in [4.78, 5) is 28.4. The lowest BCUT2D eigenvalue weighted by atomic mass is 10.1. The predicted octanol–water partition coefficient (Wildman–Crippen LogP) is 4.69. The average molecular weight is 426 g/mol. The monoisotopic (exact) mass is 425 g/mol. The first-order valence-corrected chi connectivity index (χ1v) is 10.9. The van der Waals surface area contributed by atoms with Gasteiger partial charge in [0.25, 0.3) is 0 Å². The number of benzene rings is 2. The van der Waals surface area contributed by atoms with Gasteiger partial charge >= 0.3 is 5.97 Å². The van der Waals surface area contributed by atoms with Crippen molar-refractivity contribution in [3.8, 4) is 10.6 Å². The topological polar surface area (TPSA) is 91.3 Å². The molecule has 1 amide bonds. The van der Waals surface area contributed by atoms with Gasteiger partial charge in [-0.1, -0.05) is 19.9 Å². The summed E-state index contributed by atoms with van der Waals surface area (Å²) in [5, 5.41) is 16.0. The fourth-order valence-corrected chi connectivity index (χ4v) is 4.11. The van der Waals surface area contributed by atoms with Gasteiger partial charge in [-0.05, 0) is 67.8 Å². The molecule has 1 unspecified atom stereocenters. The molecule has 0 spiro atoms. The lowest BCUT2D eigenvalue weighted by Gasteiger charge is -2.15. The van der Waals surface area contributed by atoms with Crippen molar-refractivity contribution in [1.29, 1.82) is 0 Å². The second-order valence-corrected chi connectivity index (χ2v) is 8.88. The maximum atomic E-state index is 12.3. The van der Waals surface area contributed by atoms with Crippen LogP contribution in [0.1, 0.15) is 32.3 Å². The number of nitrogens with zero attached hydrogens (tertiary/aromatic N) is 1. The number of carbonyl (C=O) groups excluding carboxylic acids is 1. The van der Waals surface area contributed by atoms with E-state index in [1.54, 1.807) is 11.3 Å². The minimum Gasteiger partial charge on any atom is -0.480 e. The second-order valence-electron chi connectivity index (χ2n) is 7.85. The number of carboxylic acids is 1. The lowest BCUT2D eigenvalue weighted by molar-refractivity contribution is -0.141. The third-order valence-electron chi connectivity index (χ3n) is 4.76. The van der Waals surface area contributed by atoms with Crippen LogP contribution >= 0.6 is 11.3 Å². The summed E-state index contributed by atoms with van der Waals surface area (Å²) >= 11 is 1.63. The molecule has 0 radical (unpaired) electrons. The van der Waals surface area contributed by atoms with Crippen LogP contribution in [0.5, 0.6) is 0 Å². The number of thiazole rings is 1. The van der Waals surface area contributed by atoms with Gasteiger partial charge in [-0.15, -0.1) is 11.3 Å². The molecule has 0 fully saturated rings. The molecule has 0 bridgehead atoms. The number of aromatic nitrogens is 1. The summed E-state index contributed by atoms with van der Waals surface area (Å²) in [5.41, 5.74) is 3.79. The largest absolute Gasteiger partial charge is 0.480 e. The molecule has 158 valence electrons. The molecule has 2 aromatic carbocycles. The van der Waals surface area contributed by atoms with Gasteiger partial charge in [-0.2, -0.15) is 0 Å². The Balaban J connectivity index is 1.61. The zero-order valence-corrected chi connectivity index (χ0v) is 18.3. The minimum atomic E-state index is -1.02. The highest BCUT2D eigenvalue weighted by molar-refractivity contribution is 7.21. The first-order valence-electron chi connectivity index (χ1n) is 10.1. The van der Waals surface area contributed by atoms with E-state index >= 15 is 0 Å². The summed E-state index contributed by atoms with van der Waals surface area (Å²) in [7, 11) is 0. The van der Waals surface area contributed by atoms with E-state index in [2.05, 4.69) is 42.5 Å². The molecule has 3 aromatic rings. The maximum absolute atomic E-state index is 12.3. The Kier molecular flexibility index (Phi) is 7.18. The van der Waals surface area contributed by atoms with E-state index in [0.717, 1.165) is 27.2 Å². The van der Waals surface area contributed by atoms with Crippen LogP contribution in [0.25, 0.3) is 20.8 Å². The van der Waals surface area contributed by atoms with Crippen molar-refractivity contribution in [1.82, 2.24) is 10.3 Å². The van der Waals surface area contributed by atoms with Gasteiger partial charge in [0.15, 0.2) is 0 Å². The Morgan fingerprint density at radius 3 is 2.53 bits per heavy atom. The first kappa shape index (κ1) is 21.9. The van der Waals surface area contributed by atoms with Gasteiger partial charge in [0.2, 0.25) is 5.91 Å². The van der Waals surface area contributed by atoms with Crippen molar-refractivity contribution >= 4 is 39.1 Å². The summed E-state index contributed by atoms with van der Waals surface area (Å²) < 4.78 is 1.15. The second kappa shape index (κ2) is 9.82. The van der Waals surface area contributed by atoms with Crippen LogP contribution in [-0.4, -0.2) is 34.6 Å². The number of aliphatic carboxylic acids is 1. The molecular weight excluding hydrogens is 398 g/mol. The van der Waals surface area contributed by atoms with Crippen LogP contribution in [0.15, 0.2) is 42.5 Å². The number of rotatable bonds is 9.